The zero-order valence-electron chi connectivity index (χ0n) is 10.0. The van der Waals surface area contributed by atoms with Crippen molar-refractivity contribution in [2.45, 2.75) is 13.5 Å². The molecule has 2 heterocycles. The second kappa shape index (κ2) is 5.35. The number of hydrogen-bond acceptors (Lipinski definition) is 4. The number of furan rings is 1. The third-order valence-corrected chi connectivity index (χ3v) is 2.68. The fourth-order valence-corrected chi connectivity index (χ4v) is 1.78. The quantitative estimate of drug-likeness (QED) is 0.877. The summed E-state index contributed by atoms with van der Waals surface area (Å²) in [5.41, 5.74) is 0.849. The average Bonchev–Trinajstić information content (AvgIpc) is 2.88. The van der Waals surface area contributed by atoms with Gasteiger partial charge in [-0.15, -0.1) is 0 Å². The van der Waals surface area contributed by atoms with Crippen LogP contribution in [0.15, 0.2) is 41.3 Å². The van der Waals surface area contributed by atoms with Crippen LogP contribution in [0.2, 0.25) is 0 Å². The Morgan fingerprint density at radius 2 is 2.33 bits per heavy atom. The van der Waals surface area contributed by atoms with Crippen LogP contribution in [-0.2, 0) is 6.54 Å². The SMILES string of the molecule is CCN(Cc1ccco1)c1cnccc1C(=O)O. The van der Waals surface area contributed by atoms with E-state index in [9.17, 15) is 4.79 Å². The van der Waals surface area contributed by atoms with Gasteiger partial charge < -0.3 is 14.4 Å². The van der Waals surface area contributed by atoms with Crippen LogP contribution in [0.5, 0.6) is 0 Å². The molecule has 0 aliphatic rings. The highest BCUT2D eigenvalue weighted by molar-refractivity contribution is 5.94. The normalized spacial score (nSPS) is 10.3. The number of carbonyl (C=O) groups is 1. The van der Waals surface area contributed by atoms with E-state index in [-0.39, 0.29) is 5.56 Å². The van der Waals surface area contributed by atoms with Crippen molar-refractivity contribution in [3.63, 3.8) is 0 Å². The Bertz CT molecular complexity index is 523. The summed E-state index contributed by atoms with van der Waals surface area (Å²) in [6.45, 7) is 3.16. The van der Waals surface area contributed by atoms with Crippen LogP contribution >= 0.6 is 0 Å². The molecule has 0 aliphatic heterocycles. The van der Waals surface area contributed by atoms with Gasteiger partial charge in [0.05, 0.1) is 30.3 Å². The number of carboxylic acids is 1. The molecular weight excluding hydrogens is 232 g/mol. The molecule has 5 heteroatoms. The van der Waals surface area contributed by atoms with Crippen molar-refractivity contribution in [2.24, 2.45) is 0 Å². The third-order valence-electron chi connectivity index (χ3n) is 2.68. The van der Waals surface area contributed by atoms with Crippen LogP contribution in [0.3, 0.4) is 0 Å². The van der Waals surface area contributed by atoms with Crippen molar-refractivity contribution >= 4 is 11.7 Å². The average molecular weight is 246 g/mol. The third kappa shape index (κ3) is 2.51. The van der Waals surface area contributed by atoms with Gasteiger partial charge >= 0.3 is 5.97 Å². The number of rotatable bonds is 5. The molecule has 0 saturated heterocycles. The Morgan fingerprint density at radius 3 is 2.94 bits per heavy atom. The second-order valence-electron chi connectivity index (χ2n) is 3.79. The number of anilines is 1. The van der Waals surface area contributed by atoms with Crippen LogP contribution in [0.25, 0.3) is 0 Å². The molecule has 0 radical (unpaired) electrons. The van der Waals surface area contributed by atoms with Gasteiger partial charge in [-0.3, -0.25) is 4.98 Å². The van der Waals surface area contributed by atoms with Crippen molar-refractivity contribution in [1.82, 2.24) is 4.98 Å². The number of carboxylic acid groups (broad SMARTS) is 1. The van der Waals surface area contributed by atoms with E-state index < -0.39 is 5.97 Å². The summed E-state index contributed by atoms with van der Waals surface area (Å²) in [7, 11) is 0. The molecule has 5 nitrogen and oxygen atoms in total. The lowest BCUT2D eigenvalue weighted by atomic mass is 10.2. The predicted octanol–water partition coefficient (Wildman–Crippen LogP) is 2.40. The largest absolute Gasteiger partial charge is 0.478 e. The van der Waals surface area contributed by atoms with E-state index in [1.165, 1.54) is 12.3 Å². The van der Waals surface area contributed by atoms with Crippen LogP contribution in [-0.4, -0.2) is 22.6 Å². The van der Waals surface area contributed by atoms with Gasteiger partial charge in [-0.05, 0) is 25.1 Å². The van der Waals surface area contributed by atoms with Gasteiger partial charge in [0, 0.05) is 12.7 Å². The smallest absolute Gasteiger partial charge is 0.337 e. The lowest BCUT2D eigenvalue weighted by Gasteiger charge is -2.22. The summed E-state index contributed by atoms with van der Waals surface area (Å²) >= 11 is 0. The van der Waals surface area contributed by atoms with Gasteiger partial charge in [0.15, 0.2) is 0 Å². The van der Waals surface area contributed by atoms with Gasteiger partial charge in [0.25, 0.3) is 0 Å². The molecule has 1 N–H and O–H groups in total. The maximum absolute atomic E-state index is 11.2. The maximum atomic E-state index is 11.2. The fourth-order valence-electron chi connectivity index (χ4n) is 1.78. The topological polar surface area (TPSA) is 66.6 Å². The monoisotopic (exact) mass is 246 g/mol. The standard InChI is InChI=1S/C13H14N2O3/c1-2-15(9-10-4-3-7-18-10)12-8-14-6-5-11(12)13(16)17/h3-8H,2,9H2,1H3,(H,16,17). The van der Waals surface area contributed by atoms with E-state index >= 15 is 0 Å². The molecule has 0 atom stereocenters. The molecule has 2 aromatic rings. The minimum absolute atomic E-state index is 0.249. The Balaban J connectivity index is 2.30. The minimum Gasteiger partial charge on any atom is -0.478 e. The molecule has 0 saturated carbocycles. The Labute approximate surface area is 105 Å². The van der Waals surface area contributed by atoms with Gasteiger partial charge in [0.2, 0.25) is 0 Å². The molecule has 0 unspecified atom stereocenters. The first-order valence-electron chi connectivity index (χ1n) is 5.67. The minimum atomic E-state index is -0.953. The Kier molecular flexibility index (Phi) is 3.62. The zero-order chi connectivity index (χ0) is 13.0. The van der Waals surface area contributed by atoms with E-state index in [2.05, 4.69) is 4.98 Å². The maximum Gasteiger partial charge on any atom is 0.337 e. The summed E-state index contributed by atoms with van der Waals surface area (Å²) in [4.78, 5) is 17.1. The number of hydrogen-bond donors (Lipinski definition) is 1. The van der Waals surface area contributed by atoms with Crippen molar-refractivity contribution in [3.8, 4) is 0 Å². The number of aromatic nitrogens is 1. The first kappa shape index (κ1) is 12.2. The molecule has 0 aromatic carbocycles. The van der Waals surface area contributed by atoms with Crippen LogP contribution in [0.4, 0.5) is 5.69 Å². The number of nitrogens with zero attached hydrogens (tertiary/aromatic N) is 2. The van der Waals surface area contributed by atoms with Crippen molar-refractivity contribution in [2.75, 3.05) is 11.4 Å². The highest BCUT2D eigenvalue weighted by atomic mass is 16.4. The van der Waals surface area contributed by atoms with E-state index in [0.717, 1.165) is 5.76 Å². The first-order valence-corrected chi connectivity index (χ1v) is 5.67. The summed E-state index contributed by atoms with van der Waals surface area (Å²) in [6, 6.07) is 5.17. The lowest BCUT2D eigenvalue weighted by Crippen LogP contribution is -2.24. The highest BCUT2D eigenvalue weighted by Crippen LogP contribution is 2.21. The summed E-state index contributed by atoms with van der Waals surface area (Å²) in [6.07, 6.45) is 4.65. The van der Waals surface area contributed by atoms with E-state index in [4.69, 9.17) is 9.52 Å². The Hall–Kier alpha value is -2.30. The Morgan fingerprint density at radius 1 is 1.50 bits per heavy atom. The predicted molar refractivity (Wildman–Crippen MR) is 66.6 cm³/mol. The molecule has 0 fully saturated rings. The van der Waals surface area contributed by atoms with Gasteiger partial charge in [-0.1, -0.05) is 0 Å². The molecule has 0 spiro atoms. The van der Waals surface area contributed by atoms with E-state index in [1.807, 2.05) is 24.0 Å². The zero-order valence-corrected chi connectivity index (χ0v) is 10.0. The molecule has 0 bridgehead atoms. The lowest BCUT2D eigenvalue weighted by molar-refractivity contribution is 0.0697. The summed E-state index contributed by atoms with van der Waals surface area (Å²) in [5, 5.41) is 9.16. The molecular formula is C13H14N2O3. The fraction of sp³-hybridized carbons (Fsp3) is 0.231. The molecule has 0 aliphatic carbocycles. The van der Waals surface area contributed by atoms with E-state index in [0.29, 0.717) is 18.8 Å². The van der Waals surface area contributed by atoms with Gasteiger partial charge in [-0.25, -0.2) is 4.79 Å². The van der Waals surface area contributed by atoms with Crippen LogP contribution in [0, 0.1) is 0 Å². The van der Waals surface area contributed by atoms with Crippen molar-refractivity contribution < 1.29 is 14.3 Å². The first-order chi connectivity index (χ1) is 8.72. The number of aromatic carboxylic acids is 1. The molecule has 2 aromatic heterocycles. The highest BCUT2D eigenvalue weighted by Gasteiger charge is 2.15. The van der Waals surface area contributed by atoms with Crippen LogP contribution in [0.1, 0.15) is 23.0 Å². The van der Waals surface area contributed by atoms with Crippen LogP contribution < -0.4 is 4.90 Å². The molecule has 18 heavy (non-hydrogen) atoms. The summed E-state index contributed by atoms with van der Waals surface area (Å²) in [5.74, 6) is -0.165. The second-order valence-corrected chi connectivity index (χ2v) is 3.79. The van der Waals surface area contributed by atoms with Gasteiger partial charge in [0.1, 0.15) is 5.76 Å². The molecule has 0 amide bonds. The number of pyridine rings is 1. The van der Waals surface area contributed by atoms with Crippen molar-refractivity contribution in [1.29, 1.82) is 0 Å². The van der Waals surface area contributed by atoms with Crippen molar-refractivity contribution in [3.05, 3.63) is 48.2 Å². The molecule has 94 valence electrons. The van der Waals surface area contributed by atoms with E-state index in [1.54, 1.807) is 12.5 Å². The van der Waals surface area contributed by atoms with Gasteiger partial charge in [-0.2, -0.15) is 0 Å². The molecule has 2 rings (SSSR count). The summed E-state index contributed by atoms with van der Waals surface area (Å²) < 4.78 is 5.28.